The lowest BCUT2D eigenvalue weighted by Crippen LogP contribution is -2.51. The first-order chi connectivity index (χ1) is 13.3. The highest BCUT2D eigenvalue weighted by Gasteiger charge is 2.22. The fourth-order valence-electron chi connectivity index (χ4n) is 2.58. The van der Waals surface area contributed by atoms with Crippen molar-refractivity contribution in [1.29, 1.82) is 0 Å². The molecule has 7 N–H and O–H groups in total. The van der Waals surface area contributed by atoms with E-state index in [1.165, 1.54) is 6.92 Å². The minimum atomic E-state index is -0.742. The average molecular weight is 390 g/mol. The van der Waals surface area contributed by atoms with Crippen molar-refractivity contribution in [3.05, 3.63) is 35.9 Å². The summed E-state index contributed by atoms with van der Waals surface area (Å²) in [6, 6.07) is 8.95. The van der Waals surface area contributed by atoms with Crippen LogP contribution in [0, 0.1) is 0 Å². The normalized spacial score (nSPS) is 12.4. The van der Waals surface area contributed by atoms with Gasteiger partial charge in [-0.3, -0.25) is 19.4 Å². The molecule has 154 valence electrons. The monoisotopic (exact) mass is 390 g/mol. The Balaban J connectivity index is 2.63. The Morgan fingerprint density at radius 1 is 1.11 bits per heavy atom. The van der Waals surface area contributed by atoms with E-state index in [1.807, 2.05) is 37.3 Å². The van der Waals surface area contributed by atoms with Crippen molar-refractivity contribution < 1.29 is 14.4 Å². The standard InChI is InChI=1S/C19H30N6O3/c1-13(11-15-7-4-3-5-8-15)24-18(28)16(9-6-10-22-19(20)21)25-17(27)12-23-14(2)26/h3-5,7-8,13,16H,6,9-12H2,1-2H3,(H,23,26)(H,24,28)(H,25,27)(H4,20,21,22)/t13-,16-/m0/s1. The average Bonchev–Trinajstić information content (AvgIpc) is 2.62. The van der Waals surface area contributed by atoms with Crippen LogP contribution in [0.25, 0.3) is 0 Å². The second kappa shape index (κ2) is 12.3. The van der Waals surface area contributed by atoms with Gasteiger partial charge in [-0.05, 0) is 31.7 Å². The Hall–Kier alpha value is -3.10. The van der Waals surface area contributed by atoms with Crippen molar-refractivity contribution in [2.45, 2.75) is 45.2 Å². The summed E-state index contributed by atoms with van der Waals surface area (Å²) in [5.41, 5.74) is 11.7. The summed E-state index contributed by atoms with van der Waals surface area (Å²) in [5.74, 6) is -1.07. The molecule has 2 atom stereocenters. The van der Waals surface area contributed by atoms with E-state index in [2.05, 4.69) is 20.9 Å². The molecule has 1 rings (SSSR count). The van der Waals surface area contributed by atoms with Gasteiger partial charge < -0.3 is 27.4 Å². The third kappa shape index (κ3) is 10.1. The lowest BCUT2D eigenvalue weighted by atomic mass is 10.1. The van der Waals surface area contributed by atoms with Crippen LogP contribution < -0.4 is 27.4 Å². The molecular weight excluding hydrogens is 360 g/mol. The van der Waals surface area contributed by atoms with Crippen LogP contribution in [0.5, 0.6) is 0 Å². The van der Waals surface area contributed by atoms with E-state index in [-0.39, 0.29) is 30.4 Å². The molecule has 0 saturated carbocycles. The van der Waals surface area contributed by atoms with Gasteiger partial charge in [-0.25, -0.2) is 0 Å². The van der Waals surface area contributed by atoms with E-state index in [0.717, 1.165) is 5.56 Å². The summed E-state index contributed by atoms with van der Waals surface area (Å²) in [5, 5.41) is 7.98. The third-order valence-electron chi connectivity index (χ3n) is 3.87. The number of hydrogen-bond donors (Lipinski definition) is 5. The molecule has 1 aromatic carbocycles. The van der Waals surface area contributed by atoms with E-state index in [9.17, 15) is 14.4 Å². The van der Waals surface area contributed by atoms with Crippen LogP contribution in [0.1, 0.15) is 32.3 Å². The Kier molecular flexibility index (Phi) is 10.1. The smallest absolute Gasteiger partial charge is 0.242 e. The van der Waals surface area contributed by atoms with Crippen molar-refractivity contribution in [3.8, 4) is 0 Å². The zero-order chi connectivity index (χ0) is 20.9. The lowest BCUT2D eigenvalue weighted by Gasteiger charge is -2.21. The Bertz CT molecular complexity index is 674. The predicted molar refractivity (Wildman–Crippen MR) is 108 cm³/mol. The van der Waals surface area contributed by atoms with E-state index >= 15 is 0 Å². The summed E-state index contributed by atoms with van der Waals surface area (Å²) >= 11 is 0. The summed E-state index contributed by atoms with van der Waals surface area (Å²) in [6.07, 6.45) is 1.56. The Morgan fingerprint density at radius 3 is 2.39 bits per heavy atom. The third-order valence-corrected chi connectivity index (χ3v) is 3.87. The second-order valence-electron chi connectivity index (χ2n) is 6.58. The second-order valence-corrected chi connectivity index (χ2v) is 6.58. The molecular formula is C19H30N6O3. The number of guanidine groups is 1. The Morgan fingerprint density at radius 2 is 1.79 bits per heavy atom. The van der Waals surface area contributed by atoms with Gasteiger partial charge in [-0.1, -0.05) is 30.3 Å². The maximum Gasteiger partial charge on any atom is 0.242 e. The molecule has 0 unspecified atom stereocenters. The van der Waals surface area contributed by atoms with E-state index in [0.29, 0.717) is 25.8 Å². The van der Waals surface area contributed by atoms with Crippen molar-refractivity contribution >= 4 is 23.7 Å². The number of benzene rings is 1. The first-order valence-electron chi connectivity index (χ1n) is 9.21. The molecule has 0 spiro atoms. The topological polar surface area (TPSA) is 152 Å². The molecule has 0 bridgehead atoms. The zero-order valence-corrected chi connectivity index (χ0v) is 16.4. The number of hydrogen-bond acceptors (Lipinski definition) is 4. The molecule has 9 nitrogen and oxygen atoms in total. The number of nitrogens with two attached hydrogens (primary N) is 2. The number of amides is 3. The van der Waals surface area contributed by atoms with Crippen LogP contribution in [0.15, 0.2) is 35.3 Å². The van der Waals surface area contributed by atoms with E-state index < -0.39 is 11.9 Å². The van der Waals surface area contributed by atoms with Crippen molar-refractivity contribution in [2.24, 2.45) is 16.5 Å². The number of nitrogens with one attached hydrogen (secondary N) is 3. The SMILES string of the molecule is CC(=O)NCC(=O)N[C@@H](CCCN=C(N)N)C(=O)N[C@@H](C)Cc1ccccc1. The molecule has 0 aliphatic carbocycles. The maximum absolute atomic E-state index is 12.6. The molecule has 0 aliphatic heterocycles. The fraction of sp³-hybridized carbons (Fsp3) is 0.474. The first kappa shape index (κ1) is 22.9. The van der Waals surface area contributed by atoms with Crippen LogP contribution in [0.4, 0.5) is 0 Å². The van der Waals surface area contributed by atoms with Gasteiger partial charge in [0.1, 0.15) is 6.04 Å². The highest BCUT2D eigenvalue weighted by molar-refractivity contribution is 5.89. The summed E-state index contributed by atoms with van der Waals surface area (Å²) in [4.78, 5) is 39.5. The Labute approximate surface area is 165 Å². The van der Waals surface area contributed by atoms with Crippen LogP contribution in [-0.4, -0.2) is 48.9 Å². The molecule has 28 heavy (non-hydrogen) atoms. The van der Waals surface area contributed by atoms with Crippen LogP contribution >= 0.6 is 0 Å². The van der Waals surface area contributed by atoms with Gasteiger partial charge in [0.2, 0.25) is 17.7 Å². The molecule has 0 fully saturated rings. The molecule has 0 heterocycles. The largest absolute Gasteiger partial charge is 0.370 e. The number of nitrogens with zero attached hydrogens (tertiary/aromatic N) is 1. The van der Waals surface area contributed by atoms with Gasteiger partial charge in [-0.2, -0.15) is 0 Å². The molecule has 0 radical (unpaired) electrons. The van der Waals surface area contributed by atoms with Crippen molar-refractivity contribution in [3.63, 3.8) is 0 Å². The number of rotatable bonds is 11. The first-order valence-corrected chi connectivity index (χ1v) is 9.21. The van der Waals surface area contributed by atoms with Gasteiger partial charge in [0.05, 0.1) is 6.54 Å². The quantitative estimate of drug-likeness (QED) is 0.194. The molecule has 1 aromatic rings. The molecule has 9 heteroatoms. The predicted octanol–water partition coefficient (Wildman–Crippen LogP) is -0.592. The van der Waals surface area contributed by atoms with E-state index in [4.69, 9.17) is 11.5 Å². The van der Waals surface area contributed by atoms with Crippen molar-refractivity contribution in [1.82, 2.24) is 16.0 Å². The highest BCUT2D eigenvalue weighted by atomic mass is 16.2. The van der Waals surface area contributed by atoms with Crippen LogP contribution in [0.2, 0.25) is 0 Å². The lowest BCUT2D eigenvalue weighted by molar-refractivity contribution is -0.130. The summed E-state index contributed by atoms with van der Waals surface area (Å²) < 4.78 is 0. The highest BCUT2D eigenvalue weighted by Crippen LogP contribution is 2.04. The van der Waals surface area contributed by atoms with Gasteiger partial charge in [0.15, 0.2) is 5.96 Å². The minimum Gasteiger partial charge on any atom is -0.370 e. The number of aliphatic imine (C=N–C) groups is 1. The maximum atomic E-state index is 12.6. The van der Waals surface area contributed by atoms with Gasteiger partial charge in [0.25, 0.3) is 0 Å². The number of carbonyl (C=O) groups excluding carboxylic acids is 3. The van der Waals surface area contributed by atoms with Gasteiger partial charge in [0, 0.05) is 19.5 Å². The van der Waals surface area contributed by atoms with Gasteiger partial charge in [-0.15, -0.1) is 0 Å². The zero-order valence-electron chi connectivity index (χ0n) is 16.4. The fourth-order valence-corrected chi connectivity index (χ4v) is 2.58. The molecule has 3 amide bonds. The summed E-state index contributed by atoms with van der Waals surface area (Å²) in [6.45, 7) is 3.39. The molecule has 0 saturated heterocycles. The van der Waals surface area contributed by atoms with Crippen LogP contribution in [0.3, 0.4) is 0 Å². The van der Waals surface area contributed by atoms with Gasteiger partial charge >= 0.3 is 0 Å². The van der Waals surface area contributed by atoms with Crippen LogP contribution in [-0.2, 0) is 20.8 Å². The summed E-state index contributed by atoms with van der Waals surface area (Å²) in [7, 11) is 0. The molecule has 0 aromatic heterocycles. The van der Waals surface area contributed by atoms with Crippen molar-refractivity contribution in [2.75, 3.05) is 13.1 Å². The van der Waals surface area contributed by atoms with E-state index in [1.54, 1.807) is 0 Å². The minimum absolute atomic E-state index is 0.0211. The number of carbonyl (C=O) groups is 3. The molecule has 0 aliphatic rings.